The lowest BCUT2D eigenvalue weighted by Crippen LogP contribution is -2.30. The van der Waals surface area contributed by atoms with Crippen LogP contribution >= 0.6 is 0 Å². The average Bonchev–Trinajstić information content (AvgIpc) is 3.15. The van der Waals surface area contributed by atoms with Gasteiger partial charge in [-0.15, -0.1) is 0 Å². The van der Waals surface area contributed by atoms with Crippen molar-refractivity contribution in [2.75, 3.05) is 13.2 Å². The van der Waals surface area contributed by atoms with E-state index < -0.39 is 6.10 Å². The third-order valence-corrected chi connectivity index (χ3v) is 11.1. The number of hydrogen-bond donors (Lipinski definition) is 0. The molecule has 0 radical (unpaired) electrons. The maximum atomic E-state index is 12.7. The van der Waals surface area contributed by atoms with Crippen LogP contribution in [0.3, 0.4) is 0 Å². The zero-order chi connectivity index (χ0) is 39.7. The molecule has 0 spiro atoms. The molecule has 6 nitrogen and oxygen atoms in total. The molecule has 320 valence electrons. The summed E-state index contributed by atoms with van der Waals surface area (Å²) in [5, 5.41) is 0. The summed E-state index contributed by atoms with van der Waals surface area (Å²) in [5.74, 6) is 0.829. The van der Waals surface area contributed by atoms with E-state index in [1.165, 1.54) is 148 Å². The number of rotatable bonds is 42. The maximum absolute atomic E-state index is 12.7. The summed E-state index contributed by atoms with van der Waals surface area (Å²) in [7, 11) is 0. The van der Waals surface area contributed by atoms with Crippen molar-refractivity contribution in [1.29, 1.82) is 0 Å². The van der Waals surface area contributed by atoms with E-state index in [-0.39, 0.29) is 31.1 Å². The van der Waals surface area contributed by atoms with Gasteiger partial charge in [0.25, 0.3) is 0 Å². The van der Waals surface area contributed by atoms with Crippen LogP contribution in [0.25, 0.3) is 0 Å². The summed E-state index contributed by atoms with van der Waals surface area (Å²) >= 11 is 0. The first-order valence-electron chi connectivity index (χ1n) is 23.8. The van der Waals surface area contributed by atoms with Crippen LogP contribution in [-0.4, -0.2) is 37.2 Å². The SMILES string of the molecule is CCCCCCCCCCCC(=O)OC[C@@H](COC(=O)CCCCCCCCCCCCC(C)CC)OC(=O)CCCCCCCCCCCCC(C)C. The molecular formula is C48H92O6. The maximum Gasteiger partial charge on any atom is 0.306 e. The van der Waals surface area contributed by atoms with Crippen LogP contribution in [0, 0.1) is 11.8 Å². The Bertz CT molecular complexity index is 826. The summed E-state index contributed by atoms with van der Waals surface area (Å²) in [5.41, 5.74) is 0. The van der Waals surface area contributed by atoms with Gasteiger partial charge in [-0.2, -0.15) is 0 Å². The van der Waals surface area contributed by atoms with Crippen LogP contribution in [0.15, 0.2) is 0 Å². The molecule has 0 bridgehead atoms. The second-order valence-electron chi connectivity index (χ2n) is 17.1. The molecule has 0 fully saturated rings. The molecule has 54 heavy (non-hydrogen) atoms. The highest BCUT2D eigenvalue weighted by atomic mass is 16.6. The minimum absolute atomic E-state index is 0.0648. The Morgan fingerprint density at radius 3 is 1.06 bits per heavy atom. The molecule has 2 atom stereocenters. The third-order valence-electron chi connectivity index (χ3n) is 11.1. The highest BCUT2D eigenvalue weighted by Gasteiger charge is 2.19. The van der Waals surface area contributed by atoms with E-state index in [0.29, 0.717) is 19.3 Å². The number of ether oxygens (including phenoxy) is 3. The van der Waals surface area contributed by atoms with Gasteiger partial charge in [0.2, 0.25) is 0 Å². The van der Waals surface area contributed by atoms with E-state index >= 15 is 0 Å². The van der Waals surface area contributed by atoms with Crippen molar-refractivity contribution in [1.82, 2.24) is 0 Å². The van der Waals surface area contributed by atoms with Gasteiger partial charge >= 0.3 is 17.9 Å². The topological polar surface area (TPSA) is 78.9 Å². The molecule has 0 N–H and O–H groups in total. The van der Waals surface area contributed by atoms with Gasteiger partial charge in [0, 0.05) is 19.3 Å². The zero-order valence-electron chi connectivity index (χ0n) is 36.8. The number of carbonyl (C=O) groups excluding carboxylic acids is 3. The standard InChI is InChI=1S/C48H92O6/c1-6-8-9-10-11-16-23-28-33-38-46(49)52-41-45(54-48(51)40-35-30-25-20-14-12-17-21-26-31-36-43(3)4)42-53-47(50)39-34-29-24-19-15-13-18-22-27-32-37-44(5)7-2/h43-45H,6-42H2,1-5H3/t44?,45-/m0/s1. The zero-order valence-corrected chi connectivity index (χ0v) is 36.8. The smallest absolute Gasteiger partial charge is 0.306 e. The number of esters is 3. The molecular weight excluding hydrogens is 673 g/mol. The van der Waals surface area contributed by atoms with Crippen molar-refractivity contribution in [3.05, 3.63) is 0 Å². The number of hydrogen-bond acceptors (Lipinski definition) is 6. The molecule has 0 aromatic heterocycles. The van der Waals surface area contributed by atoms with E-state index in [1.807, 2.05) is 0 Å². The van der Waals surface area contributed by atoms with Crippen LogP contribution in [0.1, 0.15) is 259 Å². The van der Waals surface area contributed by atoms with E-state index in [1.54, 1.807) is 0 Å². The Morgan fingerprint density at radius 1 is 0.389 bits per heavy atom. The Morgan fingerprint density at radius 2 is 0.704 bits per heavy atom. The van der Waals surface area contributed by atoms with Crippen molar-refractivity contribution in [2.24, 2.45) is 11.8 Å². The summed E-state index contributed by atoms with van der Waals surface area (Å²) in [6, 6.07) is 0. The molecule has 0 aliphatic rings. The molecule has 0 aromatic rings. The highest BCUT2D eigenvalue weighted by molar-refractivity contribution is 5.71. The predicted octanol–water partition coefficient (Wildman–Crippen LogP) is 15.0. The second kappa shape index (κ2) is 41.1. The minimum Gasteiger partial charge on any atom is -0.462 e. The van der Waals surface area contributed by atoms with Crippen molar-refractivity contribution in [3.63, 3.8) is 0 Å². The fourth-order valence-corrected chi connectivity index (χ4v) is 7.07. The lowest BCUT2D eigenvalue weighted by Gasteiger charge is -2.18. The molecule has 0 heterocycles. The van der Waals surface area contributed by atoms with Crippen LogP contribution in [0.4, 0.5) is 0 Å². The van der Waals surface area contributed by atoms with Gasteiger partial charge in [0.05, 0.1) is 0 Å². The summed E-state index contributed by atoms with van der Waals surface area (Å²) in [6.45, 7) is 11.3. The first-order valence-corrected chi connectivity index (χ1v) is 23.8. The van der Waals surface area contributed by atoms with Gasteiger partial charge in [0.15, 0.2) is 6.10 Å². The van der Waals surface area contributed by atoms with Gasteiger partial charge in [-0.1, -0.05) is 221 Å². The van der Waals surface area contributed by atoms with Gasteiger partial charge in [0.1, 0.15) is 13.2 Å². The molecule has 0 amide bonds. The van der Waals surface area contributed by atoms with Crippen LogP contribution in [0.2, 0.25) is 0 Å². The lowest BCUT2D eigenvalue weighted by atomic mass is 9.99. The summed E-state index contributed by atoms with van der Waals surface area (Å²) < 4.78 is 16.7. The molecule has 6 heteroatoms. The quantitative estimate of drug-likeness (QED) is 0.0350. The van der Waals surface area contributed by atoms with E-state index in [9.17, 15) is 14.4 Å². The minimum atomic E-state index is -0.760. The third kappa shape index (κ3) is 40.1. The van der Waals surface area contributed by atoms with Gasteiger partial charge in [-0.25, -0.2) is 0 Å². The van der Waals surface area contributed by atoms with Gasteiger partial charge in [-0.3, -0.25) is 14.4 Å². The first-order chi connectivity index (χ1) is 26.3. The van der Waals surface area contributed by atoms with Crippen molar-refractivity contribution >= 4 is 17.9 Å². The van der Waals surface area contributed by atoms with Crippen molar-refractivity contribution in [3.8, 4) is 0 Å². The lowest BCUT2D eigenvalue weighted by molar-refractivity contribution is -0.167. The molecule has 0 aliphatic heterocycles. The van der Waals surface area contributed by atoms with Crippen LogP contribution in [0.5, 0.6) is 0 Å². The van der Waals surface area contributed by atoms with E-state index in [2.05, 4.69) is 34.6 Å². The largest absolute Gasteiger partial charge is 0.462 e. The fourth-order valence-electron chi connectivity index (χ4n) is 7.07. The molecule has 0 saturated carbocycles. The van der Waals surface area contributed by atoms with Crippen molar-refractivity contribution < 1.29 is 28.6 Å². The van der Waals surface area contributed by atoms with Crippen molar-refractivity contribution in [2.45, 2.75) is 265 Å². The first kappa shape index (κ1) is 52.4. The van der Waals surface area contributed by atoms with Gasteiger partial charge in [-0.05, 0) is 31.1 Å². The second-order valence-corrected chi connectivity index (χ2v) is 17.1. The Kier molecular flexibility index (Phi) is 39.8. The van der Waals surface area contributed by atoms with Gasteiger partial charge < -0.3 is 14.2 Å². The Labute approximate surface area is 336 Å². The average molecular weight is 765 g/mol. The van der Waals surface area contributed by atoms with E-state index in [4.69, 9.17) is 14.2 Å². The number of unbranched alkanes of at least 4 members (excludes halogenated alkanes) is 26. The monoisotopic (exact) mass is 765 g/mol. The molecule has 0 saturated heterocycles. The molecule has 0 aliphatic carbocycles. The highest BCUT2D eigenvalue weighted by Crippen LogP contribution is 2.17. The predicted molar refractivity (Wildman–Crippen MR) is 229 cm³/mol. The molecule has 1 unspecified atom stereocenters. The van der Waals surface area contributed by atoms with E-state index in [0.717, 1.165) is 69.6 Å². The van der Waals surface area contributed by atoms with Crippen LogP contribution < -0.4 is 0 Å². The summed E-state index contributed by atoms with van der Waals surface area (Å²) in [6.07, 6.45) is 39.4. The molecule has 0 rings (SSSR count). The number of carbonyl (C=O) groups is 3. The van der Waals surface area contributed by atoms with Crippen LogP contribution in [-0.2, 0) is 28.6 Å². The Balaban J connectivity index is 4.31. The normalized spacial score (nSPS) is 12.6. The molecule has 0 aromatic carbocycles. The Hall–Kier alpha value is -1.59. The fraction of sp³-hybridized carbons (Fsp3) is 0.938. The summed E-state index contributed by atoms with van der Waals surface area (Å²) in [4.78, 5) is 37.7.